The van der Waals surface area contributed by atoms with E-state index in [2.05, 4.69) is 20.1 Å². The Morgan fingerprint density at radius 2 is 2.40 bits per heavy atom. The van der Waals surface area contributed by atoms with Crippen LogP contribution in [0.3, 0.4) is 0 Å². The van der Waals surface area contributed by atoms with Crippen LogP contribution in [-0.4, -0.2) is 32.1 Å². The molecule has 0 saturated carbocycles. The number of nitrogens with two attached hydrogens (primary N) is 1. The summed E-state index contributed by atoms with van der Waals surface area (Å²) in [6.07, 6.45) is 0. The lowest BCUT2D eigenvalue weighted by Gasteiger charge is -2.23. The van der Waals surface area contributed by atoms with E-state index in [4.69, 9.17) is 10.9 Å². The maximum Gasteiger partial charge on any atom is 0.273 e. The molecule has 0 spiro atoms. The van der Waals surface area contributed by atoms with Crippen molar-refractivity contribution in [1.29, 1.82) is 0 Å². The molecular weight excluding hydrogens is 218 g/mol. The zero-order chi connectivity index (χ0) is 11.5. The average Bonchev–Trinajstić information content (AvgIpc) is 2.68. The lowest BCUT2D eigenvalue weighted by atomic mass is 10.0. The molecule has 0 unspecified atom stereocenters. The first-order valence-electron chi connectivity index (χ1n) is 4.05. The topological polar surface area (TPSA) is 113 Å². The number of nitrogens with zero attached hydrogens (tertiary/aromatic N) is 3. The first kappa shape index (κ1) is 11.4. The minimum Gasteiger partial charge on any atom is -0.409 e. The van der Waals surface area contributed by atoms with Crippen LogP contribution < -0.4 is 11.1 Å². The lowest BCUT2D eigenvalue weighted by molar-refractivity contribution is 0.0925. The smallest absolute Gasteiger partial charge is 0.273 e. The maximum atomic E-state index is 11.5. The molecule has 1 aromatic heterocycles. The maximum absolute atomic E-state index is 11.5. The highest BCUT2D eigenvalue weighted by Crippen LogP contribution is 2.05. The Balaban J connectivity index is 2.75. The van der Waals surface area contributed by atoms with Crippen LogP contribution in [0.4, 0.5) is 0 Å². The van der Waals surface area contributed by atoms with Crippen LogP contribution >= 0.6 is 11.5 Å². The molecule has 0 bridgehead atoms. The predicted octanol–water partition coefficient (Wildman–Crippen LogP) is -0.207. The number of hydrogen-bond donors (Lipinski definition) is 3. The molecule has 0 aliphatic heterocycles. The van der Waals surface area contributed by atoms with Gasteiger partial charge in [0.25, 0.3) is 5.91 Å². The molecular formula is C7H11N5O2S. The van der Waals surface area contributed by atoms with Gasteiger partial charge in [-0.3, -0.25) is 4.79 Å². The minimum atomic E-state index is -0.935. The molecule has 1 aromatic rings. The number of amides is 1. The largest absolute Gasteiger partial charge is 0.409 e. The third-order valence-electron chi connectivity index (χ3n) is 1.77. The second-order valence-electron chi connectivity index (χ2n) is 3.35. The SMILES string of the molecule is CC(C)(NC(=O)c1csnn1)C(N)=NO. The van der Waals surface area contributed by atoms with E-state index in [1.165, 1.54) is 5.38 Å². The Morgan fingerprint density at radius 3 is 2.87 bits per heavy atom. The van der Waals surface area contributed by atoms with Gasteiger partial charge in [-0.25, -0.2) is 0 Å². The molecule has 0 atom stereocenters. The number of nitrogens with one attached hydrogen (secondary N) is 1. The summed E-state index contributed by atoms with van der Waals surface area (Å²) in [6, 6.07) is 0. The molecule has 0 radical (unpaired) electrons. The van der Waals surface area contributed by atoms with Gasteiger partial charge in [0.2, 0.25) is 0 Å². The summed E-state index contributed by atoms with van der Waals surface area (Å²) in [5.74, 6) is -0.501. The lowest BCUT2D eigenvalue weighted by Crippen LogP contribution is -2.53. The van der Waals surface area contributed by atoms with Gasteiger partial charge in [0.1, 0.15) is 0 Å². The monoisotopic (exact) mass is 229 g/mol. The van der Waals surface area contributed by atoms with E-state index in [0.717, 1.165) is 11.5 Å². The molecule has 0 aliphatic rings. The zero-order valence-corrected chi connectivity index (χ0v) is 9.08. The van der Waals surface area contributed by atoms with Gasteiger partial charge in [-0.1, -0.05) is 9.64 Å². The summed E-state index contributed by atoms with van der Waals surface area (Å²) < 4.78 is 3.56. The van der Waals surface area contributed by atoms with Gasteiger partial charge in [0, 0.05) is 5.38 Å². The number of amidine groups is 1. The van der Waals surface area contributed by atoms with Crippen LogP contribution in [0.2, 0.25) is 0 Å². The van der Waals surface area contributed by atoms with E-state index in [0.29, 0.717) is 0 Å². The zero-order valence-electron chi connectivity index (χ0n) is 8.26. The molecule has 1 rings (SSSR count). The van der Waals surface area contributed by atoms with Crippen LogP contribution in [0.25, 0.3) is 0 Å². The van der Waals surface area contributed by atoms with Crippen molar-refractivity contribution >= 4 is 23.3 Å². The first-order valence-corrected chi connectivity index (χ1v) is 4.88. The Morgan fingerprint density at radius 1 is 1.73 bits per heavy atom. The average molecular weight is 229 g/mol. The Kier molecular flexibility index (Phi) is 3.20. The predicted molar refractivity (Wildman–Crippen MR) is 54.9 cm³/mol. The second-order valence-corrected chi connectivity index (χ2v) is 3.96. The fraction of sp³-hybridized carbons (Fsp3) is 0.429. The van der Waals surface area contributed by atoms with Gasteiger partial charge in [0.05, 0.1) is 5.54 Å². The number of oxime groups is 1. The van der Waals surface area contributed by atoms with Crippen molar-refractivity contribution in [3.63, 3.8) is 0 Å². The molecule has 4 N–H and O–H groups in total. The van der Waals surface area contributed by atoms with Crippen molar-refractivity contribution in [2.75, 3.05) is 0 Å². The molecule has 0 aromatic carbocycles. The van der Waals surface area contributed by atoms with Crippen LogP contribution in [-0.2, 0) is 0 Å². The van der Waals surface area contributed by atoms with Crippen LogP contribution in [0.15, 0.2) is 10.5 Å². The number of hydrogen-bond acceptors (Lipinski definition) is 6. The first-order chi connectivity index (χ1) is 6.97. The molecule has 15 heavy (non-hydrogen) atoms. The second kappa shape index (κ2) is 4.22. The summed E-state index contributed by atoms with van der Waals surface area (Å²) in [5.41, 5.74) is 4.68. The van der Waals surface area contributed by atoms with Crippen molar-refractivity contribution in [3.05, 3.63) is 11.1 Å². The Bertz CT molecular complexity index is 373. The standard InChI is InChI=1S/C7H11N5O2S/c1-7(2,6(8)11-14)9-5(13)4-3-15-12-10-4/h3,14H,1-2H3,(H2,8,11)(H,9,13). The van der Waals surface area contributed by atoms with E-state index >= 15 is 0 Å². The molecule has 0 saturated heterocycles. The van der Waals surface area contributed by atoms with Crippen LogP contribution in [0, 0.1) is 0 Å². The number of rotatable bonds is 3. The van der Waals surface area contributed by atoms with Crippen molar-refractivity contribution < 1.29 is 10.0 Å². The summed E-state index contributed by atoms with van der Waals surface area (Å²) in [5, 5.41) is 19.0. The van der Waals surface area contributed by atoms with Crippen LogP contribution in [0.5, 0.6) is 0 Å². The molecule has 0 aliphatic carbocycles. The molecule has 7 nitrogen and oxygen atoms in total. The van der Waals surface area contributed by atoms with Gasteiger partial charge in [0.15, 0.2) is 11.5 Å². The Hall–Kier alpha value is -1.70. The van der Waals surface area contributed by atoms with Crippen molar-refractivity contribution in [2.24, 2.45) is 10.9 Å². The van der Waals surface area contributed by atoms with Crippen molar-refractivity contribution in [2.45, 2.75) is 19.4 Å². The fourth-order valence-electron chi connectivity index (χ4n) is 0.800. The third kappa shape index (κ3) is 2.62. The van der Waals surface area contributed by atoms with Gasteiger partial charge >= 0.3 is 0 Å². The molecule has 82 valence electrons. The van der Waals surface area contributed by atoms with E-state index in [1.807, 2.05) is 0 Å². The van der Waals surface area contributed by atoms with Gasteiger partial charge in [-0.05, 0) is 25.4 Å². The molecule has 0 fully saturated rings. The summed E-state index contributed by atoms with van der Waals surface area (Å²) >= 11 is 1.08. The van der Waals surface area contributed by atoms with Gasteiger partial charge < -0.3 is 16.3 Å². The third-order valence-corrected chi connectivity index (χ3v) is 2.27. The number of aromatic nitrogens is 2. The fourth-order valence-corrected chi connectivity index (χ4v) is 1.24. The highest BCUT2D eigenvalue weighted by atomic mass is 32.1. The van der Waals surface area contributed by atoms with E-state index in [9.17, 15) is 4.79 Å². The quantitative estimate of drug-likeness (QED) is 0.287. The normalized spacial score (nSPS) is 12.5. The van der Waals surface area contributed by atoms with Crippen LogP contribution in [0.1, 0.15) is 24.3 Å². The van der Waals surface area contributed by atoms with E-state index in [1.54, 1.807) is 13.8 Å². The van der Waals surface area contributed by atoms with Gasteiger partial charge in [-0.2, -0.15) is 0 Å². The summed E-state index contributed by atoms with van der Waals surface area (Å²) in [4.78, 5) is 11.5. The Labute approximate surface area is 90.1 Å². The molecule has 1 heterocycles. The molecule has 1 amide bonds. The minimum absolute atomic E-state index is 0.0842. The number of carbonyl (C=O) groups excluding carboxylic acids is 1. The summed E-state index contributed by atoms with van der Waals surface area (Å²) in [6.45, 7) is 3.22. The van der Waals surface area contributed by atoms with Gasteiger partial charge in [-0.15, -0.1) is 5.10 Å². The van der Waals surface area contributed by atoms with Crippen molar-refractivity contribution in [1.82, 2.24) is 14.9 Å². The highest BCUT2D eigenvalue weighted by Gasteiger charge is 2.26. The molecule has 8 heteroatoms. The van der Waals surface area contributed by atoms with E-state index in [-0.39, 0.29) is 11.5 Å². The van der Waals surface area contributed by atoms with E-state index < -0.39 is 11.4 Å². The highest BCUT2D eigenvalue weighted by molar-refractivity contribution is 7.03. The summed E-state index contributed by atoms with van der Waals surface area (Å²) in [7, 11) is 0. The number of carbonyl (C=O) groups is 1. The van der Waals surface area contributed by atoms with Crippen molar-refractivity contribution in [3.8, 4) is 0 Å².